The van der Waals surface area contributed by atoms with Gasteiger partial charge in [0.05, 0.1) is 29.5 Å². The summed E-state index contributed by atoms with van der Waals surface area (Å²) in [5, 5.41) is 10.2. The first kappa shape index (κ1) is 15.8. The molecule has 0 spiro atoms. The largest absolute Gasteiger partial charge is 0.497 e. The molecule has 0 saturated carbocycles. The summed E-state index contributed by atoms with van der Waals surface area (Å²) in [6, 6.07) is 9.19. The maximum atomic E-state index is 14.0. The number of anilines is 1. The van der Waals surface area contributed by atoms with Crippen LogP contribution in [0.15, 0.2) is 36.4 Å². The van der Waals surface area contributed by atoms with Crippen LogP contribution < -0.4 is 9.64 Å². The maximum Gasteiger partial charge on any atom is 0.262 e. The van der Waals surface area contributed by atoms with Crippen molar-refractivity contribution < 1.29 is 19.0 Å². The van der Waals surface area contributed by atoms with Crippen LogP contribution in [0.5, 0.6) is 5.75 Å². The van der Waals surface area contributed by atoms with Gasteiger partial charge in [-0.15, -0.1) is 0 Å². The SMILES string of the molecule is COc1ccc2c(c1)C(O)CCN2C(=O)c1c(F)cccc1Cl. The number of methoxy groups -OCH3 is 1. The van der Waals surface area contributed by atoms with E-state index in [4.69, 9.17) is 16.3 Å². The fourth-order valence-electron chi connectivity index (χ4n) is 2.75. The van der Waals surface area contributed by atoms with Gasteiger partial charge in [-0.25, -0.2) is 4.39 Å². The van der Waals surface area contributed by atoms with Crippen LogP contribution >= 0.6 is 11.6 Å². The number of carbonyl (C=O) groups is 1. The monoisotopic (exact) mass is 335 g/mol. The third kappa shape index (κ3) is 2.78. The molecule has 1 amide bonds. The molecular formula is C17H15ClFNO3. The van der Waals surface area contributed by atoms with E-state index >= 15 is 0 Å². The van der Waals surface area contributed by atoms with Crippen LogP contribution in [0.25, 0.3) is 0 Å². The second-order valence-electron chi connectivity index (χ2n) is 5.28. The number of aliphatic hydroxyl groups excluding tert-OH is 1. The van der Waals surface area contributed by atoms with E-state index in [9.17, 15) is 14.3 Å². The molecule has 1 heterocycles. The number of ether oxygens (including phenoxy) is 1. The Morgan fingerprint density at radius 2 is 2.17 bits per heavy atom. The van der Waals surface area contributed by atoms with Crippen LogP contribution in [0.1, 0.15) is 28.4 Å². The van der Waals surface area contributed by atoms with Gasteiger partial charge < -0.3 is 14.7 Å². The van der Waals surface area contributed by atoms with Crippen LogP contribution in [-0.4, -0.2) is 24.7 Å². The molecule has 120 valence electrons. The van der Waals surface area contributed by atoms with Crippen molar-refractivity contribution in [2.75, 3.05) is 18.6 Å². The molecule has 1 aliphatic heterocycles. The Labute approximate surface area is 138 Å². The van der Waals surface area contributed by atoms with Gasteiger partial charge in [-0.3, -0.25) is 4.79 Å². The van der Waals surface area contributed by atoms with Gasteiger partial charge in [-0.05, 0) is 36.8 Å². The van der Waals surface area contributed by atoms with E-state index in [1.165, 1.54) is 30.2 Å². The minimum absolute atomic E-state index is 0.0659. The van der Waals surface area contributed by atoms with E-state index < -0.39 is 17.8 Å². The number of amides is 1. The molecule has 23 heavy (non-hydrogen) atoms. The van der Waals surface area contributed by atoms with Gasteiger partial charge in [0.25, 0.3) is 5.91 Å². The lowest BCUT2D eigenvalue weighted by atomic mass is 9.97. The highest BCUT2D eigenvalue weighted by Gasteiger charge is 2.30. The zero-order valence-corrected chi connectivity index (χ0v) is 13.2. The number of aliphatic hydroxyl groups is 1. The predicted octanol–water partition coefficient (Wildman–Crippen LogP) is 3.57. The molecule has 2 aromatic rings. The Kier molecular flexibility index (Phi) is 4.24. The van der Waals surface area contributed by atoms with E-state index in [0.29, 0.717) is 23.4 Å². The van der Waals surface area contributed by atoms with Gasteiger partial charge in [0, 0.05) is 12.1 Å². The summed E-state index contributed by atoms with van der Waals surface area (Å²) in [6.45, 7) is 0.282. The van der Waals surface area contributed by atoms with Crippen LogP contribution in [-0.2, 0) is 0 Å². The molecule has 1 N–H and O–H groups in total. The molecule has 0 radical (unpaired) electrons. The minimum Gasteiger partial charge on any atom is -0.497 e. The average Bonchev–Trinajstić information content (AvgIpc) is 2.54. The van der Waals surface area contributed by atoms with Gasteiger partial charge in [0.15, 0.2) is 0 Å². The standard InChI is InChI=1S/C17H15ClFNO3/c1-23-10-5-6-14-11(9-10)15(21)7-8-20(14)17(22)16-12(18)3-2-4-13(16)19/h2-6,9,15,21H,7-8H2,1H3. The zero-order chi connectivity index (χ0) is 16.6. The molecule has 2 aromatic carbocycles. The van der Waals surface area contributed by atoms with Gasteiger partial charge >= 0.3 is 0 Å². The topological polar surface area (TPSA) is 49.8 Å². The van der Waals surface area contributed by atoms with Crippen LogP contribution in [0.2, 0.25) is 5.02 Å². The first-order chi connectivity index (χ1) is 11.0. The molecule has 0 aliphatic carbocycles. The zero-order valence-electron chi connectivity index (χ0n) is 12.4. The Hall–Kier alpha value is -2.11. The third-order valence-corrected chi connectivity index (χ3v) is 4.25. The molecule has 3 rings (SSSR count). The molecular weight excluding hydrogens is 321 g/mol. The summed E-state index contributed by atoms with van der Waals surface area (Å²) in [5.74, 6) is -0.601. The van der Waals surface area contributed by atoms with Gasteiger partial charge in [0.1, 0.15) is 11.6 Å². The Morgan fingerprint density at radius 1 is 1.39 bits per heavy atom. The Morgan fingerprint density at radius 3 is 2.87 bits per heavy atom. The third-order valence-electron chi connectivity index (χ3n) is 3.93. The summed E-state index contributed by atoms with van der Waals surface area (Å²) in [4.78, 5) is 14.2. The molecule has 0 aromatic heterocycles. The van der Waals surface area contributed by atoms with Crippen molar-refractivity contribution in [1.82, 2.24) is 0 Å². The molecule has 1 unspecified atom stereocenters. The normalized spacial score (nSPS) is 16.9. The first-order valence-electron chi connectivity index (χ1n) is 7.15. The van der Waals surface area contributed by atoms with Crippen molar-refractivity contribution in [2.45, 2.75) is 12.5 Å². The number of halogens is 2. The van der Waals surface area contributed by atoms with Gasteiger partial charge in [0.2, 0.25) is 0 Å². The van der Waals surface area contributed by atoms with E-state index in [2.05, 4.69) is 0 Å². The van der Waals surface area contributed by atoms with Crippen molar-refractivity contribution in [1.29, 1.82) is 0 Å². The molecule has 0 bridgehead atoms. The van der Waals surface area contributed by atoms with Crippen molar-refractivity contribution in [3.8, 4) is 5.75 Å². The van der Waals surface area contributed by atoms with E-state index in [1.807, 2.05) is 0 Å². The Bertz CT molecular complexity index is 745. The number of fused-ring (bicyclic) bond motifs is 1. The van der Waals surface area contributed by atoms with Crippen molar-refractivity contribution in [3.63, 3.8) is 0 Å². The van der Waals surface area contributed by atoms with Gasteiger partial charge in [-0.1, -0.05) is 17.7 Å². The highest BCUT2D eigenvalue weighted by Crippen LogP contribution is 2.37. The number of carbonyl (C=O) groups excluding carboxylic acids is 1. The summed E-state index contributed by atoms with van der Waals surface area (Å²) >= 11 is 5.99. The molecule has 1 aliphatic rings. The van der Waals surface area contributed by atoms with Crippen LogP contribution in [0.4, 0.5) is 10.1 Å². The van der Waals surface area contributed by atoms with Crippen molar-refractivity contribution in [2.24, 2.45) is 0 Å². The minimum atomic E-state index is -0.694. The van der Waals surface area contributed by atoms with Crippen molar-refractivity contribution >= 4 is 23.2 Å². The number of hydrogen-bond acceptors (Lipinski definition) is 3. The number of benzene rings is 2. The second kappa shape index (κ2) is 6.18. The lowest BCUT2D eigenvalue weighted by Crippen LogP contribution is -2.37. The average molecular weight is 336 g/mol. The number of nitrogens with zero attached hydrogens (tertiary/aromatic N) is 1. The lowest BCUT2D eigenvalue weighted by molar-refractivity contribution is 0.0966. The number of hydrogen-bond donors (Lipinski definition) is 1. The second-order valence-corrected chi connectivity index (χ2v) is 5.69. The van der Waals surface area contributed by atoms with Crippen molar-refractivity contribution in [3.05, 3.63) is 58.4 Å². The summed E-state index contributed by atoms with van der Waals surface area (Å²) in [6.07, 6.45) is -0.335. The van der Waals surface area contributed by atoms with Gasteiger partial charge in [-0.2, -0.15) is 0 Å². The fraction of sp³-hybridized carbons (Fsp3) is 0.235. The smallest absolute Gasteiger partial charge is 0.262 e. The first-order valence-corrected chi connectivity index (χ1v) is 7.52. The van der Waals surface area contributed by atoms with E-state index in [0.717, 1.165) is 0 Å². The Balaban J connectivity index is 2.05. The summed E-state index contributed by atoms with van der Waals surface area (Å²) < 4.78 is 19.2. The highest BCUT2D eigenvalue weighted by atomic mass is 35.5. The quantitative estimate of drug-likeness (QED) is 0.912. The molecule has 0 saturated heterocycles. The van der Waals surface area contributed by atoms with E-state index in [-0.39, 0.29) is 17.1 Å². The maximum absolute atomic E-state index is 14.0. The molecule has 6 heteroatoms. The summed E-state index contributed by atoms with van der Waals surface area (Å²) in [7, 11) is 1.53. The molecule has 0 fully saturated rings. The molecule has 1 atom stereocenters. The van der Waals surface area contributed by atoms with Crippen LogP contribution in [0, 0.1) is 5.82 Å². The lowest BCUT2D eigenvalue weighted by Gasteiger charge is -2.32. The van der Waals surface area contributed by atoms with E-state index in [1.54, 1.807) is 18.2 Å². The molecule has 4 nitrogen and oxygen atoms in total. The fourth-order valence-corrected chi connectivity index (χ4v) is 2.99. The summed E-state index contributed by atoms with van der Waals surface area (Å²) in [5.41, 5.74) is 0.956. The number of rotatable bonds is 2. The predicted molar refractivity (Wildman–Crippen MR) is 85.7 cm³/mol. The highest BCUT2D eigenvalue weighted by molar-refractivity contribution is 6.34. The van der Waals surface area contributed by atoms with Crippen LogP contribution in [0.3, 0.4) is 0 Å².